The van der Waals surface area contributed by atoms with E-state index in [9.17, 15) is 4.79 Å². The van der Waals surface area contributed by atoms with E-state index in [-0.39, 0.29) is 17.9 Å². The summed E-state index contributed by atoms with van der Waals surface area (Å²) >= 11 is 0. The molecule has 38 heavy (non-hydrogen) atoms. The van der Waals surface area contributed by atoms with Gasteiger partial charge in [-0.05, 0) is 73.6 Å². The second-order valence-electron chi connectivity index (χ2n) is 11.3. The Morgan fingerprint density at radius 3 is 1.89 bits per heavy atom. The van der Waals surface area contributed by atoms with Crippen molar-refractivity contribution in [2.75, 3.05) is 10.6 Å². The number of fused-ring (bicyclic) bond motifs is 1. The first kappa shape index (κ1) is 24.8. The van der Waals surface area contributed by atoms with Crippen LogP contribution in [0.4, 0.5) is 11.4 Å². The summed E-state index contributed by atoms with van der Waals surface area (Å²) in [6, 6.07) is 26.7. The Hall–Kier alpha value is -3.47. The first-order valence-corrected chi connectivity index (χ1v) is 14.5. The number of para-hydroxylation sites is 3. The Labute approximate surface area is 226 Å². The van der Waals surface area contributed by atoms with Crippen molar-refractivity contribution in [3.63, 3.8) is 0 Å². The van der Waals surface area contributed by atoms with Crippen molar-refractivity contribution in [3.05, 3.63) is 84.4 Å². The quantitative estimate of drug-likeness (QED) is 0.304. The molecule has 3 aromatic carbocycles. The smallest absolute Gasteiger partial charge is 0.228 e. The van der Waals surface area contributed by atoms with Crippen molar-refractivity contribution in [2.45, 2.75) is 75.9 Å². The van der Waals surface area contributed by atoms with Gasteiger partial charge in [0.15, 0.2) is 0 Å². The summed E-state index contributed by atoms with van der Waals surface area (Å²) in [4.78, 5) is 14.3. The average molecular weight is 510 g/mol. The van der Waals surface area contributed by atoms with Crippen LogP contribution in [0.5, 0.6) is 11.5 Å². The lowest BCUT2D eigenvalue weighted by Gasteiger charge is -2.44. The maximum Gasteiger partial charge on any atom is 0.228 e. The molecule has 1 amide bonds. The fourth-order valence-corrected chi connectivity index (χ4v) is 6.82. The van der Waals surface area contributed by atoms with Crippen molar-refractivity contribution in [2.24, 2.45) is 11.8 Å². The topological polar surface area (TPSA) is 62.4 Å². The van der Waals surface area contributed by atoms with E-state index in [0.29, 0.717) is 5.92 Å². The fraction of sp³-hybridized carbons (Fsp3) is 0.424. The number of hydrogen-bond acceptors (Lipinski definition) is 4. The number of ether oxygens (including phenoxy) is 1. The molecule has 5 heteroatoms. The zero-order valence-corrected chi connectivity index (χ0v) is 22.1. The fourth-order valence-electron chi connectivity index (χ4n) is 6.82. The molecule has 6 rings (SSSR count). The summed E-state index contributed by atoms with van der Waals surface area (Å²) < 4.78 is 6.10. The Bertz CT molecular complexity index is 1190. The molecule has 0 radical (unpaired) electrons. The highest BCUT2D eigenvalue weighted by atomic mass is 16.5. The number of rotatable bonds is 7. The van der Waals surface area contributed by atoms with E-state index in [1.807, 2.05) is 42.5 Å². The second kappa shape index (κ2) is 11.1. The number of benzene rings is 3. The maximum atomic E-state index is 14.3. The van der Waals surface area contributed by atoms with E-state index in [4.69, 9.17) is 4.74 Å². The molecule has 2 aliphatic carbocycles. The third-order valence-corrected chi connectivity index (χ3v) is 8.70. The predicted octanol–water partition coefficient (Wildman–Crippen LogP) is 7.81. The minimum Gasteiger partial charge on any atom is -0.457 e. The Balaban J connectivity index is 1.37. The lowest BCUT2D eigenvalue weighted by molar-refractivity contribution is -0.130. The number of carbonyl (C=O) groups is 1. The van der Waals surface area contributed by atoms with E-state index in [1.165, 1.54) is 38.5 Å². The third kappa shape index (κ3) is 5.11. The summed E-state index contributed by atoms with van der Waals surface area (Å²) in [5.41, 5.74) is 2.42. The molecule has 0 bridgehead atoms. The first-order chi connectivity index (χ1) is 18.7. The molecule has 3 aromatic rings. The molecule has 2 fully saturated rings. The van der Waals surface area contributed by atoms with Gasteiger partial charge < -0.3 is 20.7 Å². The molecule has 3 N–H and O–H groups in total. The SMILES string of the molecule is O=C(NC1CCCCC1)C(C1CCCCC1)C1(c2ccc(Oc3ccccc3)cc2)Nc2ccccc2N1. The monoisotopic (exact) mass is 509 g/mol. The van der Waals surface area contributed by atoms with Crippen LogP contribution in [0, 0.1) is 11.8 Å². The molecule has 0 aromatic heterocycles. The summed E-state index contributed by atoms with van der Waals surface area (Å²) in [5.74, 6) is 1.85. The molecule has 1 unspecified atom stereocenters. The second-order valence-corrected chi connectivity index (χ2v) is 11.3. The number of hydrogen-bond donors (Lipinski definition) is 3. The van der Waals surface area contributed by atoms with E-state index in [0.717, 1.165) is 54.1 Å². The van der Waals surface area contributed by atoms with Gasteiger partial charge in [0.1, 0.15) is 17.2 Å². The maximum absolute atomic E-state index is 14.3. The summed E-state index contributed by atoms with van der Waals surface area (Å²) in [5, 5.41) is 11.2. The van der Waals surface area contributed by atoms with Crippen molar-refractivity contribution in [1.29, 1.82) is 0 Å². The van der Waals surface area contributed by atoms with Crippen LogP contribution in [-0.2, 0) is 10.5 Å². The lowest BCUT2D eigenvalue weighted by Crippen LogP contribution is -2.56. The lowest BCUT2D eigenvalue weighted by atomic mass is 9.71. The van der Waals surface area contributed by atoms with Crippen molar-refractivity contribution >= 4 is 17.3 Å². The van der Waals surface area contributed by atoms with E-state index in [1.54, 1.807) is 0 Å². The highest BCUT2D eigenvalue weighted by Gasteiger charge is 2.52. The Morgan fingerprint density at radius 1 is 0.711 bits per heavy atom. The molecule has 5 nitrogen and oxygen atoms in total. The third-order valence-electron chi connectivity index (χ3n) is 8.70. The van der Waals surface area contributed by atoms with Crippen LogP contribution in [0.2, 0.25) is 0 Å². The van der Waals surface area contributed by atoms with Crippen LogP contribution in [-0.4, -0.2) is 11.9 Å². The van der Waals surface area contributed by atoms with Crippen molar-refractivity contribution < 1.29 is 9.53 Å². The van der Waals surface area contributed by atoms with Gasteiger partial charge in [-0.2, -0.15) is 0 Å². The number of nitrogens with one attached hydrogen (secondary N) is 3. The largest absolute Gasteiger partial charge is 0.457 e. The number of amides is 1. The van der Waals surface area contributed by atoms with Gasteiger partial charge in [-0.1, -0.05) is 81.0 Å². The Morgan fingerprint density at radius 2 is 1.26 bits per heavy atom. The zero-order chi connectivity index (χ0) is 25.8. The van der Waals surface area contributed by atoms with Gasteiger partial charge in [-0.3, -0.25) is 4.79 Å². The van der Waals surface area contributed by atoms with Crippen LogP contribution in [0.25, 0.3) is 0 Å². The molecule has 198 valence electrons. The van der Waals surface area contributed by atoms with Crippen LogP contribution < -0.4 is 20.7 Å². The number of anilines is 2. The van der Waals surface area contributed by atoms with Gasteiger partial charge in [0.05, 0.1) is 17.3 Å². The predicted molar refractivity (Wildman–Crippen MR) is 153 cm³/mol. The molecule has 0 saturated heterocycles. The first-order valence-electron chi connectivity index (χ1n) is 14.5. The van der Waals surface area contributed by atoms with Crippen LogP contribution in [0.1, 0.15) is 69.8 Å². The van der Waals surface area contributed by atoms with E-state index >= 15 is 0 Å². The van der Waals surface area contributed by atoms with Gasteiger partial charge in [-0.25, -0.2) is 0 Å². The van der Waals surface area contributed by atoms with Gasteiger partial charge in [0, 0.05) is 6.04 Å². The molecular formula is C33H39N3O2. The van der Waals surface area contributed by atoms with Gasteiger partial charge in [0.25, 0.3) is 0 Å². The molecule has 0 spiro atoms. The standard InChI is InChI=1S/C33H39N3O2/c37-32(34-26-14-6-2-7-15-26)31(24-12-4-1-5-13-24)33(35-29-18-10-11-19-30(29)36-33)25-20-22-28(23-21-25)38-27-16-8-3-9-17-27/h3,8-11,16-24,26,31,35-36H,1-2,4-7,12-15H2,(H,34,37). The van der Waals surface area contributed by atoms with Crippen LogP contribution in [0.15, 0.2) is 78.9 Å². The highest BCUT2D eigenvalue weighted by molar-refractivity contribution is 5.86. The Kier molecular flexibility index (Phi) is 7.26. The molecule has 3 aliphatic rings. The van der Waals surface area contributed by atoms with Gasteiger partial charge in [0.2, 0.25) is 5.91 Å². The van der Waals surface area contributed by atoms with Gasteiger partial charge >= 0.3 is 0 Å². The molecular weight excluding hydrogens is 470 g/mol. The van der Waals surface area contributed by atoms with Gasteiger partial charge in [-0.15, -0.1) is 0 Å². The number of carbonyl (C=O) groups excluding carboxylic acids is 1. The molecule has 2 saturated carbocycles. The summed E-state index contributed by atoms with van der Waals surface area (Å²) in [6.07, 6.45) is 11.6. The summed E-state index contributed by atoms with van der Waals surface area (Å²) in [7, 11) is 0. The minimum absolute atomic E-state index is 0.182. The van der Waals surface area contributed by atoms with E-state index in [2.05, 4.69) is 52.3 Å². The minimum atomic E-state index is -0.726. The van der Waals surface area contributed by atoms with Crippen molar-refractivity contribution in [1.82, 2.24) is 5.32 Å². The normalized spacial score (nSPS) is 20.0. The average Bonchev–Trinajstić information content (AvgIpc) is 3.35. The van der Waals surface area contributed by atoms with Crippen LogP contribution in [0.3, 0.4) is 0 Å². The zero-order valence-electron chi connectivity index (χ0n) is 22.1. The summed E-state index contributed by atoms with van der Waals surface area (Å²) in [6.45, 7) is 0. The molecule has 1 aliphatic heterocycles. The highest BCUT2D eigenvalue weighted by Crippen LogP contribution is 2.49. The molecule has 1 heterocycles. The van der Waals surface area contributed by atoms with Crippen LogP contribution >= 0.6 is 0 Å². The van der Waals surface area contributed by atoms with E-state index < -0.39 is 5.66 Å². The van der Waals surface area contributed by atoms with Crippen molar-refractivity contribution in [3.8, 4) is 11.5 Å². The molecule has 1 atom stereocenters.